The standard InChI is InChI=1S/C17H23NO4/c1-11(13-4-3-5-15(10-13)22-2)16(19)18-14-8-6-12(7-9-14)17(20)21/h3-5,10-12,14H,6-9H2,1-2H3,(H,18,19)(H,20,21). The van der Waals surface area contributed by atoms with Crippen LogP contribution in [-0.4, -0.2) is 30.1 Å². The van der Waals surface area contributed by atoms with Gasteiger partial charge in [0.2, 0.25) is 5.91 Å². The van der Waals surface area contributed by atoms with Gasteiger partial charge in [-0.05, 0) is 50.3 Å². The molecule has 1 aromatic rings. The number of carboxylic acids is 1. The lowest BCUT2D eigenvalue weighted by Gasteiger charge is -2.28. The molecule has 0 heterocycles. The second-order valence-corrected chi connectivity index (χ2v) is 5.89. The number of amides is 1. The maximum absolute atomic E-state index is 12.4. The summed E-state index contributed by atoms with van der Waals surface area (Å²) in [4.78, 5) is 23.3. The lowest BCUT2D eigenvalue weighted by molar-refractivity contribution is -0.142. The van der Waals surface area contributed by atoms with Gasteiger partial charge in [-0.25, -0.2) is 0 Å². The Balaban J connectivity index is 1.90. The molecule has 0 saturated heterocycles. The first-order valence-corrected chi connectivity index (χ1v) is 7.68. The topological polar surface area (TPSA) is 75.6 Å². The molecule has 0 aromatic heterocycles. The van der Waals surface area contributed by atoms with E-state index in [1.807, 2.05) is 31.2 Å². The Hall–Kier alpha value is -2.04. The SMILES string of the molecule is COc1cccc(C(C)C(=O)NC2CCC(C(=O)O)CC2)c1. The fourth-order valence-corrected chi connectivity index (χ4v) is 2.87. The van der Waals surface area contributed by atoms with Gasteiger partial charge in [0.25, 0.3) is 0 Å². The van der Waals surface area contributed by atoms with Gasteiger partial charge in [0.15, 0.2) is 0 Å². The van der Waals surface area contributed by atoms with Gasteiger partial charge >= 0.3 is 5.97 Å². The summed E-state index contributed by atoms with van der Waals surface area (Å²) in [5.41, 5.74) is 0.913. The van der Waals surface area contributed by atoms with Gasteiger partial charge in [0.1, 0.15) is 5.75 Å². The van der Waals surface area contributed by atoms with E-state index in [0.717, 1.165) is 24.2 Å². The molecule has 5 heteroatoms. The molecule has 1 aliphatic carbocycles. The number of ether oxygens (including phenoxy) is 1. The zero-order valence-electron chi connectivity index (χ0n) is 13.0. The highest BCUT2D eigenvalue weighted by Gasteiger charge is 2.27. The van der Waals surface area contributed by atoms with E-state index in [9.17, 15) is 9.59 Å². The summed E-state index contributed by atoms with van der Waals surface area (Å²) in [5, 5.41) is 12.0. The number of rotatable bonds is 5. The average Bonchev–Trinajstić information content (AvgIpc) is 2.54. The summed E-state index contributed by atoms with van der Waals surface area (Å²) >= 11 is 0. The number of hydrogen-bond acceptors (Lipinski definition) is 3. The molecule has 1 amide bonds. The molecular formula is C17H23NO4. The average molecular weight is 305 g/mol. The van der Waals surface area contributed by atoms with Crippen molar-refractivity contribution in [3.63, 3.8) is 0 Å². The predicted molar refractivity (Wildman–Crippen MR) is 82.9 cm³/mol. The fourth-order valence-electron chi connectivity index (χ4n) is 2.87. The van der Waals surface area contributed by atoms with E-state index in [1.54, 1.807) is 7.11 Å². The van der Waals surface area contributed by atoms with Gasteiger partial charge in [-0.2, -0.15) is 0 Å². The van der Waals surface area contributed by atoms with Crippen LogP contribution in [0.5, 0.6) is 5.75 Å². The summed E-state index contributed by atoms with van der Waals surface area (Å²) in [6.07, 6.45) is 2.72. The van der Waals surface area contributed by atoms with Crippen LogP contribution in [0, 0.1) is 5.92 Å². The van der Waals surface area contributed by atoms with Crippen molar-refractivity contribution in [3.05, 3.63) is 29.8 Å². The maximum atomic E-state index is 12.4. The van der Waals surface area contributed by atoms with Crippen LogP contribution in [0.2, 0.25) is 0 Å². The molecule has 1 fully saturated rings. The van der Waals surface area contributed by atoms with Gasteiger partial charge < -0.3 is 15.2 Å². The van der Waals surface area contributed by atoms with Crippen LogP contribution in [0.3, 0.4) is 0 Å². The van der Waals surface area contributed by atoms with Crippen molar-refractivity contribution in [2.75, 3.05) is 7.11 Å². The fraction of sp³-hybridized carbons (Fsp3) is 0.529. The lowest BCUT2D eigenvalue weighted by atomic mass is 9.86. The third-order valence-electron chi connectivity index (χ3n) is 4.41. The molecule has 22 heavy (non-hydrogen) atoms. The van der Waals surface area contributed by atoms with Crippen molar-refractivity contribution < 1.29 is 19.4 Å². The third kappa shape index (κ3) is 4.00. The molecule has 0 bridgehead atoms. The van der Waals surface area contributed by atoms with E-state index in [1.165, 1.54) is 0 Å². The molecule has 1 aliphatic rings. The van der Waals surface area contributed by atoms with Crippen molar-refractivity contribution in [1.82, 2.24) is 5.32 Å². The molecule has 1 aromatic carbocycles. The highest BCUT2D eigenvalue weighted by molar-refractivity contribution is 5.83. The predicted octanol–water partition coefficient (Wildman–Crippen LogP) is 2.56. The molecule has 1 atom stereocenters. The Morgan fingerprint density at radius 2 is 1.95 bits per heavy atom. The van der Waals surface area contributed by atoms with E-state index >= 15 is 0 Å². The molecule has 0 aliphatic heterocycles. The Morgan fingerprint density at radius 1 is 1.27 bits per heavy atom. The second-order valence-electron chi connectivity index (χ2n) is 5.89. The van der Waals surface area contributed by atoms with Crippen molar-refractivity contribution in [2.45, 2.75) is 44.6 Å². The van der Waals surface area contributed by atoms with Crippen LogP contribution in [0.4, 0.5) is 0 Å². The number of carboxylic acid groups (broad SMARTS) is 1. The highest BCUT2D eigenvalue weighted by atomic mass is 16.5. The minimum Gasteiger partial charge on any atom is -0.497 e. The van der Waals surface area contributed by atoms with Crippen LogP contribution in [0.25, 0.3) is 0 Å². The van der Waals surface area contributed by atoms with E-state index in [2.05, 4.69) is 5.32 Å². The van der Waals surface area contributed by atoms with Crippen molar-refractivity contribution in [1.29, 1.82) is 0 Å². The van der Waals surface area contributed by atoms with Crippen LogP contribution in [-0.2, 0) is 9.59 Å². The summed E-state index contributed by atoms with van der Waals surface area (Å²) in [5.74, 6) is -0.531. The molecule has 5 nitrogen and oxygen atoms in total. The summed E-state index contributed by atoms with van der Waals surface area (Å²) in [6, 6.07) is 7.58. The number of methoxy groups -OCH3 is 1. The maximum Gasteiger partial charge on any atom is 0.306 e. The van der Waals surface area contributed by atoms with Gasteiger partial charge in [-0.1, -0.05) is 12.1 Å². The van der Waals surface area contributed by atoms with Crippen LogP contribution in [0.15, 0.2) is 24.3 Å². The summed E-state index contributed by atoms with van der Waals surface area (Å²) < 4.78 is 5.18. The van der Waals surface area contributed by atoms with Crippen LogP contribution >= 0.6 is 0 Å². The number of carbonyl (C=O) groups is 2. The number of nitrogens with one attached hydrogen (secondary N) is 1. The number of benzene rings is 1. The minimum absolute atomic E-state index is 0.0213. The lowest BCUT2D eigenvalue weighted by Crippen LogP contribution is -2.40. The summed E-state index contributed by atoms with van der Waals surface area (Å²) in [6.45, 7) is 1.87. The quantitative estimate of drug-likeness (QED) is 0.876. The third-order valence-corrected chi connectivity index (χ3v) is 4.41. The zero-order chi connectivity index (χ0) is 16.1. The summed E-state index contributed by atoms with van der Waals surface area (Å²) in [7, 11) is 1.60. The number of aliphatic carboxylic acids is 1. The van der Waals surface area contributed by atoms with Crippen LogP contribution < -0.4 is 10.1 Å². The number of carbonyl (C=O) groups excluding carboxylic acids is 1. The zero-order valence-corrected chi connectivity index (χ0v) is 13.0. The molecule has 2 N–H and O–H groups in total. The minimum atomic E-state index is -0.727. The first kappa shape index (κ1) is 16.3. The van der Waals surface area contributed by atoms with Crippen molar-refractivity contribution >= 4 is 11.9 Å². The highest BCUT2D eigenvalue weighted by Crippen LogP contribution is 2.26. The van der Waals surface area contributed by atoms with Crippen LogP contribution in [0.1, 0.15) is 44.1 Å². The van der Waals surface area contributed by atoms with Gasteiger partial charge in [-0.3, -0.25) is 9.59 Å². The van der Waals surface area contributed by atoms with E-state index < -0.39 is 5.97 Å². The first-order chi connectivity index (χ1) is 10.5. The molecule has 120 valence electrons. The molecule has 1 unspecified atom stereocenters. The smallest absolute Gasteiger partial charge is 0.306 e. The normalized spacial score (nSPS) is 22.6. The van der Waals surface area contributed by atoms with E-state index in [-0.39, 0.29) is 23.8 Å². The van der Waals surface area contributed by atoms with E-state index in [4.69, 9.17) is 9.84 Å². The van der Waals surface area contributed by atoms with Crippen molar-refractivity contribution in [2.24, 2.45) is 5.92 Å². The Kier molecular flexibility index (Phi) is 5.41. The van der Waals surface area contributed by atoms with Gasteiger partial charge in [0.05, 0.1) is 18.9 Å². The molecule has 0 radical (unpaired) electrons. The second kappa shape index (κ2) is 7.29. The monoisotopic (exact) mass is 305 g/mol. The molecule has 2 rings (SSSR count). The largest absolute Gasteiger partial charge is 0.497 e. The van der Waals surface area contributed by atoms with E-state index in [0.29, 0.717) is 12.8 Å². The molecular weight excluding hydrogens is 282 g/mol. The molecule has 0 spiro atoms. The first-order valence-electron chi connectivity index (χ1n) is 7.68. The Morgan fingerprint density at radius 3 is 2.55 bits per heavy atom. The van der Waals surface area contributed by atoms with Crippen molar-refractivity contribution in [3.8, 4) is 5.75 Å². The molecule has 1 saturated carbocycles. The Bertz CT molecular complexity index is 535. The van der Waals surface area contributed by atoms with Gasteiger partial charge in [-0.15, -0.1) is 0 Å². The Labute approximate surface area is 130 Å². The van der Waals surface area contributed by atoms with Gasteiger partial charge in [0, 0.05) is 6.04 Å². The number of hydrogen-bond donors (Lipinski definition) is 2.